The van der Waals surface area contributed by atoms with E-state index in [0.29, 0.717) is 12.1 Å². The monoisotopic (exact) mass is 321 g/mol. The Kier molecular flexibility index (Phi) is 5.24. The summed E-state index contributed by atoms with van der Waals surface area (Å²) in [6.45, 7) is 5.32. The molecule has 122 valence electrons. The van der Waals surface area contributed by atoms with Crippen LogP contribution in [0.25, 0.3) is 10.8 Å². The molecule has 3 rings (SSSR count). The van der Waals surface area contributed by atoms with Gasteiger partial charge < -0.3 is 10.1 Å². The van der Waals surface area contributed by atoms with Gasteiger partial charge in [-0.3, -0.25) is 0 Å². The van der Waals surface area contributed by atoms with Crippen molar-refractivity contribution in [3.05, 3.63) is 90.3 Å². The van der Waals surface area contributed by atoms with Crippen LogP contribution in [0.4, 0.5) is 4.39 Å². The number of fused-ring (bicyclic) bond motifs is 1. The summed E-state index contributed by atoms with van der Waals surface area (Å²) in [4.78, 5) is 0. The maximum Gasteiger partial charge on any atom is 0.129 e. The van der Waals surface area contributed by atoms with Gasteiger partial charge in [0.25, 0.3) is 0 Å². The Hall–Kier alpha value is -2.65. The molecule has 0 heterocycles. The molecule has 0 bridgehead atoms. The first kappa shape index (κ1) is 16.2. The molecular formula is C21H20FNO. The van der Waals surface area contributed by atoms with Crippen molar-refractivity contribution in [2.45, 2.75) is 13.2 Å². The van der Waals surface area contributed by atoms with Crippen LogP contribution < -0.4 is 10.1 Å². The third-order valence-electron chi connectivity index (χ3n) is 3.93. The quantitative estimate of drug-likeness (QED) is 0.497. The van der Waals surface area contributed by atoms with Crippen LogP contribution in [0, 0.1) is 5.82 Å². The molecule has 0 aliphatic carbocycles. The predicted octanol–water partition coefficient (Wildman–Crippen LogP) is 4.83. The summed E-state index contributed by atoms with van der Waals surface area (Å²) >= 11 is 0. The van der Waals surface area contributed by atoms with E-state index in [1.165, 1.54) is 6.07 Å². The average Bonchev–Trinajstić information content (AvgIpc) is 2.62. The number of ether oxygens (including phenoxy) is 1. The van der Waals surface area contributed by atoms with Gasteiger partial charge in [0.15, 0.2) is 0 Å². The van der Waals surface area contributed by atoms with Gasteiger partial charge in [-0.2, -0.15) is 0 Å². The van der Waals surface area contributed by atoms with Crippen molar-refractivity contribution in [1.82, 2.24) is 5.32 Å². The summed E-state index contributed by atoms with van der Waals surface area (Å²) < 4.78 is 19.7. The van der Waals surface area contributed by atoms with Gasteiger partial charge in [0.05, 0.1) is 0 Å². The first-order chi connectivity index (χ1) is 11.8. The van der Waals surface area contributed by atoms with Gasteiger partial charge in [-0.05, 0) is 22.9 Å². The average molecular weight is 321 g/mol. The van der Waals surface area contributed by atoms with Crippen molar-refractivity contribution in [3.63, 3.8) is 0 Å². The molecule has 2 nitrogen and oxygen atoms in total. The number of halogens is 1. The summed E-state index contributed by atoms with van der Waals surface area (Å²) in [5, 5.41) is 5.62. The highest BCUT2D eigenvalue weighted by molar-refractivity contribution is 5.87. The second-order valence-electron chi connectivity index (χ2n) is 5.56. The zero-order chi connectivity index (χ0) is 16.8. The standard InChI is InChI=1S/C21H20FNO/c1-2-13-23-14-19-18-9-5-3-7-16(18)11-12-21(19)24-15-17-8-4-6-10-20(17)22/h2-12,23H,1,13-15H2. The van der Waals surface area contributed by atoms with Crippen LogP contribution in [-0.2, 0) is 13.2 Å². The molecule has 0 atom stereocenters. The van der Waals surface area contributed by atoms with Crippen LogP contribution in [0.2, 0.25) is 0 Å². The molecule has 3 aromatic carbocycles. The molecule has 1 N–H and O–H groups in total. The molecule has 0 aliphatic heterocycles. The summed E-state index contributed by atoms with van der Waals surface area (Å²) in [6.07, 6.45) is 1.82. The maximum atomic E-state index is 13.8. The van der Waals surface area contributed by atoms with Crippen molar-refractivity contribution in [2.75, 3.05) is 6.54 Å². The molecule has 0 aliphatic rings. The molecule has 0 saturated carbocycles. The third-order valence-corrected chi connectivity index (χ3v) is 3.93. The van der Waals surface area contributed by atoms with Gasteiger partial charge in [-0.1, -0.05) is 54.6 Å². The Morgan fingerprint density at radius 1 is 1.00 bits per heavy atom. The summed E-state index contributed by atoms with van der Waals surface area (Å²) in [5.41, 5.74) is 1.63. The lowest BCUT2D eigenvalue weighted by molar-refractivity contribution is 0.296. The number of hydrogen-bond acceptors (Lipinski definition) is 2. The van der Waals surface area contributed by atoms with Crippen LogP contribution in [-0.4, -0.2) is 6.54 Å². The van der Waals surface area contributed by atoms with Gasteiger partial charge in [-0.25, -0.2) is 4.39 Å². The number of hydrogen-bond donors (Lipinski definition) is 1. The van der Waals surface area contributed by atoms with Crippen LogP contribution in [0.15, 0.2) is 73.3 Å². The highest BCUT2D eigenvalue weighted by Gasteiger charge is 2.10. The third kappa shape index (κ3) is 3.63. The van der Waals surface area contributed by atoms with Gasteiger partial charge >= 0.3 is 0 Å². The molecule has 0 radical (unpaired) electrons. The molecule has 24 heavy (non-hydrogen) atoms. The fraction of sp³-hybridized carbons (Fsp3) is 0.143. The fourth-order valence-electron chi connectivity index (χ4n) is 2.70. The Balaban J connectivity index is 1.89. The zero-order valence-electron chi connectivity index (χ0n) is 13.5. The second-order valence-corrected chi connectivity index (χ2v) is 5.56. The predicted molar refractivity (Wildman–Crippen MR) is 96.6 cm³/mol. The van der Waals surface area contributed by atoms with E-state index in [1.54, 1.807) is 12.1 Å². The Morgan fingerprint density at radius 2 is 1.79 bits per heavy atom. The van der Waals surface area contributed by atoms with Crippen molar-refractivity contribution >= 4 is 10.8 Å². The molecule has 3 heteroatoms. The number of nitrogens with one attached hydrogen (secondary N) is 1. The van der Waals surface area contributed by atoms with E-state index in [-0.39, 0.29) is 12.4 Å². The highest BCUT2D eigenvalue weighted by atomic mass is 19.1. The largest absolute Gasteiger partial charge is 0.488 e. The second kappa shape index (κ2) is 7.75. The first-order valence-corrected chi connectivity index (χ1v) is 7.98. The van der Waals surface area contributed by atoms with E-state index in [2.05, 4.69) is 24.0 Å². The molecule has 0 fully saturated rings. The van der Waals surface area contributed by atoms with Gasteiger partial charge in [-0.15, -0.1) is 6.58 Å². The van der Waals surface area contributed by atoms with Crippen LogP contribution >= 0.6 is 0 Å². The van der Waals surface area contributed by atoms with Crippen molar-refractivity contribution in [1.29, 1.82) is 0 Å². The maximum absolute atomic E-state index is 13.8. The van der Waals surface area contributed by atoms with Crippen LogP contribution in [0.5, 0.6) is 5.75 Å². The fourth-order valence-corrected chi connectivity index (χ4v) is 2.70. The minimum atomic E-state index is -0.246. The van der Waals surface area contributed by atoms with E-state index >= 15 is 0 Å². The molecular weight excluding hydrogens is 301 g/mol. The SMILES string of the molecule is C=CCNCc1c(OCc2ccccc2F)ccc2ccccc12. The van der Waals surface area contributed by atoms with E-state index < -0.39 is 0 Å². The van der Waals surface area contributed by atoms with Gasteiger partial charge in [0, 0.05) is 24.2 Å². The summed E-state index contributed by atoms with van der Waals surface area (Å²) in [6, 6.07) is 18.9. The van der Waals surface area contributed by atoms with E-state index in [4.69, 9.17) is 4.74 Å². The first-order valence-electron chi connectivity index (χ1n) is 7.98. The van der Waals surface area contributed by atoms with Gasteiger partial charge in [0.2, 0.25) is 0 Å². The Morgan fingerprint density at radius 3 is 2.62 bits per heavy atom. The Bertz CT molecular complexity index is 844. The molecule has 0 saturated heterocycles. The summed E-state index contributed by atoms with van der Waals surface area (Å²) in [7, 11) is 0. The lowest BCUT2D eigenvalue weighted by atomic mass is 10.0. The normalized spacial score (nSPS) is 10.7. The topological polar surface area (TPSA) is 21.3 Å². The Labute approximate surface area is 141 Å². The van der Waals surface area contributed by atoms with Crippen LogP contribution in [0.3, 0.4) is 0 Å². The van der Waals surface area contributed by atoms with E-state index in [9.17, 15) is 4.39 Å². The summed E-state index contributed by atoms with van der Waals surface area (Å²) in [5.74, 6) is 0.526. The highest BCUT2D eigenvalue weighted by Crippen LogP contribution is 2.29. The number of benzene rings is 3. The zero-order valence-corrected chi connectivity index (χ0v) is 13.5. The smallest absolute Gasteiger partial charge is 0.129 e. The molecule has 0 spiro atoms. The minimum absolute atomic E-state index is 0.208. The van der Waals surface area contributed by atoms with Crippen molar-refractivity contribution < 1.29 is 9.13 Å². The van der Waals surface area contributed by atoms with E-state index in [0.717, 1.165) is 28.6 Å². The molecule has 0 amide bonds. The number of rotatable bonds is 7. The lowest BCUT2D eigenvalue weighted by Crippen LogP contribution is -2.14. The van der Waals surface area contributed by atoms with Crippen molar-refractivity contribution in [3.8, 4) is 5.75 Å². The minimum Gasteiger partial charge on any atom is -0.488 e. The van der Waals surface area contributed by atoms with E-state index in [1.807, 2.05) is 36.4 Å². The van der Waals surface area contributed by atoms with Crippen molar-refractivity contribution in [2.24, 2.45) is 0 Å². The molecule has 0 unspecified atom stereocenters. The van der Waals surface area contributed by atoms with Gasteiger partial charge in [0.1, 0.15) is 18.2 Å². The molecule has 3 aromatic rings. The lowest BCUT2D eigenvalue weighted by Gasteiger charge is -2.15. The molecule has 0 aromatic heterocycles. The van der Waals surface area contributed by atoms with Crippen LogP contribution in [0.1, 0.15) is 11.1 Å².